The first-order valence-corrected chi connectivity index (χ1v) is 9.76. The molecule has 3 N–H and O–H groups in total. The summed E-state index contributed by atoms with van der Waals surface area (Å²) in [6.07, 6.45) is 0.514. The SMILES string of the molecule is CC(C)NC(=O)CN(C)C(=O)CC1(C(=O)N(C)CC(=O)NC(C)C)CCNC1.Cl. The van der Waals surface area contributed by atoms with Crippen molar-refractivity contribution in [3.05, 3.63) is 0 Å². The van der Waals surface area contributed by atoms with Crippen LogP contribution in [0.5, 0.6) is 0 Å². The molecule has 1 aliphatic rings. The van der Waals surface area contributed by atoms with Crippen molar-refractivity contribution in [2.45, 2.75) is 52.6 Å². The van der Waals surface area contributed by atoms with Crippen LogP contribution >= 0.6 is 12.4 Å². The van der Waals surface area contributed by atoms with Gasteiger partial charge in [0.1, 0.15) is 0 Å². The molecule has 10 heteroatoms. The second-order valence-corrected chi connectivity index (χ2v) is 8.24. The summed E-state index contributed by atoms with van der Waals surface area (Å²) in [5.41, 5.74) is -0.896. The molecule has 0 radical (unpaired) electrons. The van der Waals surface area contributed by atoms with Gasteiger partial charge in [-0.15, -0.1) is 12.4 Å². The summed E-state index contributed by atoms with van der Waals surface area (Å²) in [5, 5.41) is 8.65. The van der Waals surface area contributed by atoms with Gasteiger partial charge < -0.3 is 25.8 Å². The Bertz CT molecular complexity index is 591. The second kappa shape index (κ2) is 12.0. The molecule has 1 aliphatic heterocycles. The van der Waals surface area contributed by atoms with Crippen LogP contribution in [0.25, 0.3) is 0 Å². The van der Waals surface area contributed by atoms with Crippen molar-refractivity contribution in [2.24, 2.45) is 5.41 Å². The number of hydrogen-bond acceptors (Lipinski definition) is 5. The smallest absolute Gasteiger partial charge is 0.239 e. The summed E-state index contributed by atoms with van der Waals surface area (Å²) in [7, 11) is 3.13. The summed E-state index contributed by atoms with van der Waals surface area (Å²) in [6, 6.07) is -0.0149. The molecule has 1 rings (SSSR count). The van der Waals surface area contributed by atoms with Crippen molar-refractivity contribution in [2.75, 3.05) is 40.3 Å². The molecule has 1 saturated heterocycles. The molecule has 9 nitrogen and oxygen atoms in total. The van der Waals surface area contributed by atoms with E-state index in [4.69, 9.17) is 0 Å². The minimum absolute atomic E-state index is 0. The fourth-order valence-corrected chi connectivity index (χ4v) is 3.31. The summed E-state index contributed by atoms with van der Waals surface area (Å²) >= 11 is 0. The standard InChI is InChI=1S/C19H35N5O4.ClH/c1-13(2)21-15(25)10-23(5)17(27)9-19(7-8-20-12-19)18(28)24(6)11-16(26)22-14(3)4;/h13-14,20H,7-12H2,1-6H3,(H,21,25)(H,22,26);1H. The molecule has 168 valence electrons. The number of rotatable bonds is 9. The minimum Gasteiger partial charge on any atom is -0.352 e. The average molecular weight is 434 g/mol. The summed E-state index contributed by atoms with van der Waals surface area (Å²) in [4.78, 5) is 52.4. The van der Waals surface area contributed by atoms with Gasteiger partial charge in [0.05, 0.1) is 18.5 Å². The van der Waals surface area contributed by atoms with E-state index in [0.717, 1.165) is 0 Å². The Labute approximate surface area is 179 Å². The molecule has 0 aromatic rings. The molecule has 0 saturated carbocycles. The van der Waals surface area contributed by atoms with Crippen LogP contribution in [0.1, 0.15) is 40.5 Å². The van der Waals surface area contributed by atoms with Crippen molar-refractivity contribution in [1.82, 2.24) is 25.8 Å². The molecule has 4 amide bonds. The highest BCUT2D eigenvalue weighted by Gasteiger charge is 2.45. The fourth-order valence-electron chi connectivity index (χ4n) is 3.31. The Balaban J connectivity index is 0.00000784. The van der Waals surface area contributed by atoms with E-state index in [2.05, 4.69) is 16.0 Å². The van der Waals surface area contributed by atoms with Gasteiger partial charge in [-0.25, -0.2) is 0 Å². The monoisotopic (exact) mass is 433 g/mol. The first-order chi connectivity index (χ1) is 13.0. The number of nitrogens with zero attached hydrogens (tertiary/aromatic N) is 2. The fraction of sp³-hybridized carbons (Fsp3) is 0.789. The maximum atomic E-state index is 13.1. The number of halogens is 1. The Morgan fingerprint density at radius 1 is 0.931 bits per heavy atom. The molecule has 1 unspecified atom stereocenters. The van der Waals surface area contributed by atoms with Gasteiger partial charge in [0, 0.05) is 39.1 Å². The van der Waals surface area contributed by atoms with E-state index in [1.54, 1.807) is 14.1 Å². The third kappa shape index (κ3) is 8.57. The van der Waals surface area contributed by atoms with Gasteiger partial charge in [-0.05, 0) is 40.7 Å². The average Bonchev–Trinajstić information content (AvgIpc) is 3.01. The second-order valence-electron chi connectivity index (χ2n) is 8.24. The zero-order valence-electron chi connectivity index (χ0n) is 18.3. The minimum atomic E-state index is -0.896. The Hall–Kier alpha value is -1.87. The lowest BCUT2D eigenvalue weighted by molar-refractivity contribution is -0.147. The van der Waals surface area contributed by atoms with E-state index in [1.807, 2.05) is 27.7 Å². The molecule has 0 aromatic carbocycles. The van der Waals surface area contributed by atoms with E-state index in [0.29, 0.717) is 19.5 Å². The van der Waals surface area contributed by atoms with E-state index in [1.165, 1.54) is 9.80 Å². The normalized spacial score (nSPS) is 18.2. The van der Waals surface area contributed by atoms with Crippen LogP contribution in [-0.4, -0.2) is 85.8 Å². The first-order valence-electron chi connectivity index (χ1n) is 9.76. The molecular formula is C19H36ClN5O4. The number of likely N-dealkylation sites (N-methyl/N-ethyl adjacent to an activating group) is 2. The molecule has 1 fully saturated rings. The van der Waals surface area contributed by atoms with E-state index >= 15 is 0 Å². The lowest BCUT2D eigenvalue weighted by Gasteiger charge is -2.32. The van der Waals surface area contributed by atoms with Crippen molar-refractivity contribution >= 4 is 36.0 Å². The number of carbonyl (C=O) groups excluding carboxylic acids is 4. The number of nitrogens with one attached hydrogen (secondary N) is 3. The Morgan fingerprint density at radius 3 is 1.83 bits per heavy atom. The van der Waals surface area contributed by atoms with Gasteiger partial charge in [0.2, 0.25) is 23.6 Å². The predicted octanol–water partition coefficient (Wildman–Crippen LogP) is -0.256. The van der Waals surface area contributed by atoms with Gasteiger partial charge in [0.25, 0.3) is 0 Å². The van der Waals surface area contributed by atoms with Crippen LogP contribution < -0.4 is 16.0 Å². The highest BCUT2D eigenvalue weighted by Crippen LogP contribution is 2.32. The van der Waals surface area contributed by atoms with Crippen LogP contribution in [-0.2, 0) is 19.2 Å². The number of hydrogen-bond donors (Lipinski definition) is 3. The zero-order valence-corrected chi connectivity index (χ0v) is 19.1. The zero-order chi connectivity index (χ0) is 21.5. The van der Waals surface area contributed by atoms with Gasteiger partial charge in [-0.2, -0.15) is 0 Å². The van der Waals surface area contributed by atoms with Crippen molar-refractivity contribution in [1.29, 1.82) is 0 Å². The molecule has 0 bridgehead atoms. The lowest BCUT2D eigenvalue weighted by atomic mass is 9.81. The largest absolute Gasteiger partial charge is 0.352 e. The Morgan fingerprint density at radius 2 is 1.41 bits per heavy atom. The molecule has 1 heterocycles. The van der Waals surface area contributed by atoms with Crippen LogP contribution in [0.15, 0.2) is 0 Å². The van der Waals surface area contributed by atoms with Gasteiger partial charge >= 0.3 is 0 Å². The molecule has 1 atom stereocenters. The maximum Gasteiger partial charge on any atom is 0.239 e. The number of carbonyl (C=O) groups is 4. The summed E-state index contributed by atoms with van der Waals surface area (Å²) < 4.78 is 0. The Kier molecular flexibility index (Phi) is 11.2. The van der Waals surface area contributed by atoms with Crippen LogP contribution in [0.2, 0.25) is 0 Å². The molecule has 0 aromatic heterocycles. The highest BCUT2D eigenvalue weighted by molar-refractivity contribution is 5.93. The van der Waals surface area contributed by atoms with Crippen LogP contribution in [0, 0.1) is 5.41 Å². The third-order valence-electron chi connectivity index (χ3n) is 4.62. The quantitative estimate of drug-likeness (QED) is 0.464. The van der Waals surface area contributed by atoms with E-state index in [-0.39, 0.29) is 67.6 Å². The lowest BCUT2D eigenvalue weighted by Crippen LogP contribution is -2.50. The molecule has 0 aliphatic carbocycles. The molecular weight excluding hydrogens is 398 g/mol. The third-order valence-corrected chi connectivity index (χ3v) is 4.62. The first kappa shape index (κ1) is 27.1. The van der Waals surface area contributed by atoms with Crippen molar-refractivity contribution < 1.29 is 19.2 Å². The van der Waals surface area contributed by atoms with Gasteiger partial charge in [0.15, 0.2) is 0 Å². The summed E-state index contributed by atoms with van der Waals surface area (Å²) in [6.45, 7) is 8.30. The van der Waals surface area contributed by atoms with Crippen LogP contribution in [0.3, 0.4) is 0 Å². The van der Waals surface area contributed by atoms with Crippen molar-refractivity contribution in [3.63, 3.8) is 0 Å². The maximum absolute atomic E-state index is 13.1. The molecule has 29 heavy (non-hydrogen) atoms. The topological polar surface area (TPSA) is 111 Å². The van der Waals surface area contributed by atoms with Gasteiger partial charge in [-0.3, -0.25) is 19.2 Å². The van der Waals surface area contributed by atoms with Crippen LogP contribution in [0.4, 0.5) is 0 Å². The van der Waals surface area contributed by atoms with Crippen molar-refractivity contribution in [3.8, 4) is 0 Å². The van der Waals surface area contributed by atoms with E-state index < -0.39 is 5.41 Å². The van der Waals surface area contributed by atoms with Gasteiger partial charge in [-0.1, -0.05) is 0 Å². The summed E-state index contributed by atoms with van der Waals surface area (Å²) in [5.74, 6) is -0.972. The van der Waals surface area contributed by atoms with E-state index in [9.17, 15) is 19.2 Å². The number of amides is 4. The highest BCUT2D eigenvalue weighted by atomic mass is 35.5. The molecule has 0 spiro atoms. The predicted molar refractivity (Wildman–Crippen MR) is 114 cm³/mol.